The van der Waals surface area contributed by atoms with Crippen LogP contribution in [0.25, 0.3) is 0 Å². The summed E-state index contributed by atoms with van der Waals surface area (Å²) in [5.41, 5.74) is 0. The third-order valence-electron chi connectivity index (χ3n) is 3.68. The quantitative estimate of drug-likeness (QED) is 0.690. The lowest BCUT2D eigenvalue weighted by Crippen LogP contribution is -2.42. The number of likely N-dealkylation sites (N-methyl/N-ethyl adjacent to an activating group) is 1. The van der Waals surface area contributed by atoms with E-state index in [4.69, 9.17) is 5.11 Å². The highest BCUT2D eigenvalue weighted by molar-refractivity contribution is 5.78. The fraction of sp³-hybridized carbons (Fsp3) is 0.857. The van der Waals surface area contributed by atoms with E-state index < -0.39 is 5.97 Å². The van der Waals surface area contributed by atoms with Gasteiger partial charge < -0.3 is 10.4 Å². The van der Waals surface area contributed by atoms with Crippen LogP contribution in [0.4, 0.5) is 0 Å². The molecule has 1 rings (SSSR count). The first-order chi connectivity index (χ1) is 9.11. The van der Waals surface area contributed by atoms with Crippen molar-refractivity contribution in [3.05, 3.63) is 0 Å². The van der Waals surface area contributed by atoms with Gasteiger partial charge in [0.1, 0.15) is 0 Å². The Hall–Kier alpha value is -1.10. The summed E-state index contributed by atoms with van der Waals surface area (Å²) < 4.78 is 0. The molecule has 1 saturated carbocycles. The summed E-state index contributed by atoms with van der Waals surface area (Å²) >= 11 is 0. The SMILES string of the molecule is CCN(CCC(=O)O)CC(=O)NC1CCCCCC1. The highest BCUT2D eigenvalue weighted by Gasteiger charge is 2.16. The van der Waals surface area contributed by atoms with E-state index in [9.17, 15) is 9.59 Å². The lowest BCUT2D eigenvalue weighted by molar-refractivity contribution is -0.137. The molecule has 0 saturated heterocycles. The van der Waals surface area contributed by atoms with Crippen molar-refractivity contribution >= 4 is 11.9 Å². The topological polar surface area (TPSA) is 69.6 Å². The van der Waals surface area contributed by atoms with Crippen LogP contribution in [0.5, 0.6) is 0 Å². The number of hydrogen-bond donors (Lipinski definition) is 2. The molecule has 0 heterocycles. The highest BCUT2D eigenvalue weighted by atomic mass is 16.4. The lowest BCUT2D eigenvalue weighted by Gasteiger charge is -2.21. The van der Waals surface area contributed by atoms with Crippen molar-refractivity contribution in [3.8, 4) is 0 Å². The molecule has 1 fully saturated rings. The molecular formula is C14H26N2O3. The van der Waals surface area contributed by atoms with Gasteiger partial charge in [0.15, 0.2) is 0 Å². The van der Waals surface area contributed by atoms with Crippen LogP contribution in [0.1, 0.15) is 51.9 Å². The standard InChI is InChI=1S/C14H26N2O3/c1-2-16(10-9-14(18)19)11-13(17)15-12-7-5-3-4-6-8-12/h12H,2-11H2,1H3,(H,15,17)(H,18,19). The van der Waals surface area contributed by atoms with E-state index in [0.717, 1.165) is 12.8 Å². The molecular weight excluding hydrogens is 244 g/mol. The Kier molecular flexibility index (Phi) is 7.48. The summed E-state index contributed by atoms with van der Waals surface area (Å²) in [6.07, 6.45) is 7.17. The number of carbonyl (C=O) groups is 2. The van der Waals surface area contributed by atoms with Crippen LogP contribution in [0.3, 0.4) is 0 Å². The smallest absolute Gasteiger partial charge is 0.304 e. The summed E-state index contributed by atoms with van der Waals surface area (Å²) in [5.74, 6) is -0.790. The first kappa shape index (κ1) is 16.0. The van der Waals surface area contributed by atoms with Gasteiger partial charge in [-0.25, -0.2) is 0 Å². The normalized spacial score (nSPS) is 17.2. The summed E-state index contributed by atoms with van der Waals surface area (Å²) in [5, 5.41) is 11.7. The van der Waals surface area contributed by atoms with E-state index >= 15 is 0 Å². The number of hydrogen-bond acceptors (Lipinski definition) is 3. The molecule has 0 aliphatic heterocycles. The Morgan fingerprint density at radius 3 is 2.37 bits per heavy atom. The van der Waals surface area contributed by atoms with Crippen molar-refractivity contribution in [2.45, 2.75) is 57.9 Å². The van der Waals surface area contributed by atoms with Crippen molar-refractivity contribution in [1.82, 2.24) is 10.2 Å². The molecule has 0 radical (unpaired) electrons. The van der Waals surface area contributed by atoms with Crippen molar-refractivity contribution in [1.29, 1.82) is 0 Å². The maximum atomic E-state index is 11.9. The number of rotatable bonds is 7. The van der Waals surface area contributed by atoms with Crippen molar-refractivity contribution < 1.29 is 14.7 Å². The van der Waals surface area contributed by atoms with Gasteiger partial charge in [0.25, 0.3) is 0 Å². The van der Waals surface area contributed by atoms with Gasteiger partial charge in [0.05, 0.1) is 13.0 Å². The Morgan fingerprint density at radius 2 is 1.84 bits per heavy atom. The third-order valence-corrected chi connectivity index (χ3v) is 3.68. The minimum absolute atomic E-state index is 0.0270. The molecule has 2 N–H and O–H groups in total. The van der Waals surface area contributed by atoms with Crippen molar-refractivity contribution in [2.75, 3.05) is 19.6 Å². The van der Waals surface area contributed by atoms with E-state index in [0.29, 0.717) is 25.7 Å². The monoisotopic (exact) mass is 270 g/mol. The Morgan fingerprint density at radius 1 is 1.21 bits per heavy atom. The zero-order valence-corrected chi connectivity index (χ0v) is 11.9. The zero-order valence-electron chi connectivity index (χ0n) is 11.9. The van der Waals surface area contributed by atoms with Gasteiger partial charge in [-0.15, -0.1) is 0 Å². The number of carbonyl (C=O) groups excluding carboxylic acids is 1. The first-order valence-electron chi connectivity index (χ1n) is 7.35. The average Bonchev–Trinajstić information content (AvgIpc) is 2.62. The lowest BCUT2D eigenvalue weighted by atomic mass is 10.1. The van der Waals surface area contributed by atoms with Crippen LogP contribution in [-0.2, 0) is 9.59 Å². The van der Waals surface area contributed by atoms with Gasteiger partial charge in [0, 0.05) is 12.6 Å². The van der Waals surface area contributed by atoms with E-state index in [2.05, 4.69) is 5.32 Å². The third kappa shape index (κ3) is 7.15. The van der Waals surface area contributed by atoms with Gasteiger partial charge in [-0.3, -0.25) is 14.5 Å². The Labute approximate surface area is 115 Å². The second-order valence-corrected chi connectivity index (χ2v) is 5.27. The minimum Gasteiger partial charge on any atom is -0.481 e. The minimum atomic E-state index is -0.817. The molecule has 1 aliphatic rings. The van der Waals surface area contributed by atoms with Crippen molar-refractivity contribution in [2.24, 2.45) is 0 Å². The summed E-state index contributed by atoms with van der Waals surface area (Å²) in [7, 11) is 0. The van der Waals surface area contributed by atoms with Gasteiger partial charge in [-0.2, -0.15) is 0 Å². The van der Waals surface area contributed by atoms with E-state index in [1.54, 1.807) is 0 Å². The van der Waals surface area contributed by atoms with Crippen LogP contribution >= 0.6 is 0 Å². The molecule has 1 aliphatic carbocycles. The highest BCUT2D eigenvalue weighted by Crippen LogP contribution is 2.17. The Bertz CT molecular complexity index is 286. The van der Waals surface area contributed by atoms with Gasteiger partial charge in [-0.1, -0.05) is 32.6 Å². The molecule has 1 amide bonds. The van der Waals surface area contributed by atoms with Crippen LogP contribution in [-0.4, -0.2) is 47.6 Å². The number of amides is 1. The zero-order chi connectivity index (χ0) is 14.1. The molecule has 110 valence electrons. The molecule has 0 spiro atoms. The first-order valence-corrected chi connectivity index (χ1v) is 7.35. The van der Waals surface area contributed by atoms with Gasteiger partial charge in [0.2, 0.25) is 5.91 Å². The number of carboxylic acids is 1. The molecule has 0 bridgehead atoms. The summed E-state index contributed by atoms with van der Waals surface area (Å²) in [6.45, 7) is 3.39. The molecule has 5 nitrogen and oxygen atoms in total. The second-order valence-electron chi connectivity index (χ2n) is 5.27. The van der Waals surface area contributed by atoms with E-state index in [-0.39, 0.29) is 12.3 Å². The molecule has 0 unspecified atom stereocenters. The molecule has 19 heavy (non-hydrogen) atoms. The average molecular weight is 270 g/mol. The predicted octanol–water partition coefficient (Wildman–Crippen LogP) is 1.62. The molecule has 0 aromatic carbocycles. The molecule has 0 aromatic heterocycles. The summed E-state index contributed by atoms with van der Waals surface area (Å²) in [4.78, 5) is 24.3. The molecule has 5 heteroatoms. The van der Waals surface area contributed by atoms with Crippen molar-refractivity contribution in [3.63, 3.8) is 0 Å². The number of nitrogens with zero attached hydrogens (tertiary/aromatic N) is 1. The van der Waals surface area contributed by atoms with E-state index in [1.807, 2.05) is 11.8 Å². The van der Waals surface area contributed by atoms with Crippen LogP contribution in [0.15, 0.2) is 0 Å². The van der Waals surface area contributed by atoms with Crippen LogP contribution in [0.2, 0.25) is 0 Å². The largest absolute Gasteiger partial charge is 0.481 e. The molecule has 0 atom stereocenters. The fourth-order valence-electron chi connectivity index (χ4n) is 2.50. The fourth-order valence-corrected chi connectivity index (χ4v) is 2.50. The Balaban J connectivity index is 2.28. The van der Waals surface area contributed by atoms with Gasteiger partial charge in [-0.05, 0) is 19.4 Å². The maximum absolute atomic E-state index is 11.9. The van der Waals surface area contributed by atoms with Gasteiger partial charge >= 0.3 is 5.97 Å². The maximum Gasteiger partial charge on any atom is 0.304 e. The second kappa shape index (κ2) is 8.91. The summed E-state index contributed by atoms with van der Waals surface area (Å²) in [6, 6.07) is 0.313. The van der Waals surface area contributed by atoms with Crippen LogP contribution < -0.4 is 5.32 Å². The number of aliphatic carboxylic acids is 1. The number of carboxylic acid groups (broad SMARTS) is 1. The number of nitrogens with one attached hydrogen (secondary N) is 1. The van der Waals surface area contributed by atoms with Crippen LogP contribution in [0, 0.1) is 0 Å². The molecule has 0 aromatic rings. The predicted molar refractivity (Wildman–Crippen MR) is 74.0 cm³/mol. The van der Waals surface area contributed by atoms with E-state index in [1.165, 1.54) is 25.7 Å².